The number of benzene rings is 1. The average molecular weight is 308 g/mol. The van der Waals surface area contributed by atoms with Crippen molar-refractivity contribution in [1.29, 1.82) is 0 Å². The van der Waals surface area contributed by atoms with Crippen molar-refractivity contribution in [2.75, 3.05) is 13.1 Å². The summed E-state index contributed by atoms with van der Waals surface area (Å²) in [5, 5.41) is 2.05. The molecule has 3 N–H and O–H groups in total. The zero-order valence-electron chi connectivity index (χ0n) is 11.6. The summed E-state index contributed by atoms with van der Waals surface area (Å²) in [6.07, 6.45) is 0. The Morgan fingerprint density at radius 1 is 1.33 bits per heavy atom. The summed E-state index contributed by atoms with van der Waals surface area (Å²) in [7, 11) is 0. The second kappa shape index (κ2) is 6.75. The van der Waals surface area contributed by atoms with Crippen LogP contribution in [0.5, 0.6) is 5.75 Å². The van der Waals surface area contributed by atoms with Gasteiger partial charge in [0.1, 0.15) is 5.75 Å². The molecule has 4 nitrogen and oxygen atoms in total. The lowest BCUT2D eigenvalue weighted by molar-refractivity contribution is -0.0507. The fourth-order valence-corrected chi connectivity index (χ4v) is 1.74. The summed E-state index contributed by atoms with van der Waals surface area (Å²) >= 11 is 0. The maximum Gasteiger partial charge on any atom is 0.387 e. The van der Waals surface area contributed by atoms with Gasteiger partial charge in [0.15, 0.2) is 0 Å². The van der Waals surface area contributed by atoms with Crippen molar-refractivity contribution in [3.8, 4) is 5.75 Å². The minimum Gasteiger partial charge on any atom is -0.434 e. The standard InChI is InChI=1S/C13H16F4N2O2/c1-7-3-9(4-8(2)10(7)21-12(14)15)11(20)19-6-13(16,17)5-18/h3-4,12H,5-6,18H2,1-2H3,(H,19,20). The molecule has 0 aliphatic rings. The first-order valence-electron chi connectivity index (χ1n) is 6.08. The van der Waals surface area contributed by atoms with Gasteiger partial charge in [0.05, 0.1) is 13.1 Å². The molecule has 0 saturated carbocycles. The average Bonchev–Trinajstić information content (AvgIpc) is 2.39. The van der Waals surface area contributed by atoms with E-state index in [0.717, 1.165) is 0 Å². The lowest BCUT2D eigenvalue weighted by Gasteiger charge is -2.16. The zero-order chi connectivity index (χ0) is 16.2. The second-order valence-electron chi connectivity index (χ2n) is 4.56. The van der Waals surface area contributed by atoms with E-state index < -0.39 is 31.5 Å². The van der Waals surface area contributed by atoms with Gasteiger partial charge in [-0.05, 0) is 37.1 Å². The Kier molecular flexibility index (Phi) is 5.54. The molecule has 21 heavy (non-hydrogen) atoms. The van der Waals surface area contributed by atoms with Gasteiger partial charge in [0.25, 0.3) is 11.8 Å². The fourth-order valence-electron chi connectivity index (χ4n) is 1.74. The largest absolute Gasteiger partial charge is 0.434 e. The van der Waals surface area contributed by atoms with Gasteiger partial charge >= 0.3 is 6.61 Å². The molecular weight excluding hydrogens is 292 g/mol. The summed E-state index contributed by atoms with van der Waals surface area (Å²) in [5.41, 5.74) is 5.56. The van der Waals surface area contributed by atoms with E-state index in [-0.39, 0.29) is 11.3 Å². The number of carbonyl (C=O) groups is 1. The summed E-state index contributed by atoms with van der Waals surface area (Å²) < 4.78 is 54.7. The first-order chi connectivity index (χ1) is 9.66. The molecule has 118 valence electrons. The summed E-state index contributed by atoms with van der Waals surface area (Å²) in [5.74, 6) is -3.97. The molecule has 0 atom stereocenters. The molecule has 1 aromatic rings. The third-order valence-electron chi connectivity index (χ3n) is 2.74. The molecule has 0 unspecified atom stereocenters. The van der Waals surface area contributed by atoms with E-state index in [1.165, 1.54) is 26.0 Å². The minimum atomic E-state index is -3.20. The normalized spacial score (nSPS) is 11.6. The SMILES string of the molecule is Cc1cc(C(=O)NCC(F)(F)CN)cc(C)c1OC(F)F. The van der Waals surface area contributed by atoms with E-state index in [1.54, 1.807) is 0 Å². The molecule has 1 rings (SSSR count). The van der Waals surface area contributed by atoms with Crippen LogP contribution in [0.25, 0.3) is 0 Å². The summed E-state index contributed by atoms with van der Waals surface area (Å²) in [4.78, 5) is 11.8. The predicted octanol–water partition coefficient (Wildman–Crippen LogP) is 2.23. The molecule has 0 aliphatic carbocycles. The topological polar surface area (TPSA) is 64.4 Å². The van der Waals surface area contributed by atoms with E-state index in [1.807, 2.05) is 5.32 Å². The number of nitrogens with two attached hydrogens (primary N) is 1. The van der Waals surface area contributed by atoms with Crippen LogP contribution in [0.15, 0.2) is 12.1 Å². The zero-order valence-corrected chi connectivity index (χ0v) is 11.6. The molecule has 0 heterocycles. The lowest BCUT2D eigenvalue weighted by Crippen LogP contribution is -2.41. The van der Waals surface area contributed by atoms with Crippen LogP contribution in [-0.2, 0) is 0 Å². The van der Waals surface area contributed by atoms with Crippen molar-refractivity contribution in [3.05, 3.63) is 28.8 Å². The van der Waals surface area contributed by atoms with Gasteiger partial charge in [-0.1, -0.05) is 0 Å². The van der Waals surface area contributed by atoms with Gasteiger partial charge in [-0.3, -0.25) is 4.79 Å². The van der Waals surface area contributed by atoms with E-state index in [0.29, 0.717) is 11.1 Å². The van der Waals surface area contributed by atoms with Crippen LogP contribution in [0.2, 0.25) is 0 Å². The van der Waals surface area contributed by atoms with Gasteiger partial charge in [0.2, 0.25) is 0 Å². The van der Waals surface area contributed by atoms with Gasteiger partial charge in [-0.15, -0.1) is 0 Å². The number of hydrogen-bond donors (Lipinski definition) is 2. The number of nitrogens with one attached hydrogen (secondary N) is 1. The van der Waals surface area contributed by atoms with E-state index in [4.69, 9.17) is 5.73 Å². The maximum atomic E-state index is 13.0. The summed E-state index contributed by atoms with van der Waals surface area (Å²) in [6, 6.07) is 2.58. The lowest BCUT2D eigenvalue weighted by atomic mass is 10.1. The van der Waals surface area contributed by atoms with Crippen LogP contribution < -0.4 is 15.8 Å². The van der Waals surface area contributed by atoms with E-state index in [9.17, 15) is 22.4 Å². The van der Waals surface area contributed by atoms with Crippen LogP contribution in [0, 0.1) is 13.8 Å². The number of amides is 1. The molecule has 0 fully saturated rings. The van der Waals surface area contributed by atoms with E-state index >= 15 is 0 Å². The third-order valence-corrected chi connectivity index (χ3v) is 2.74. The van der Waals surface area contributed by atoms with Crippen LogP contribution in [0.1, 0.15) is 21.5 Å². The third kappa shape index (κ3) is 4.89. The smallest absolute Gasteiger partial charge is 0.387 e. The number of rotatable bonds is 6. The van der Waals surface area contributed by atoms with Crippen molar-refractivity contribution in [1.82, 2.24) is 5.32 Å². The molecule has 0 aromatic heterocycles. The van der Waals surface area contributed by atoms with Crippen LogP contribution in [0.3, 0.4) is 0 Å². The molecule has 0 radical (unpaired) electrons. The Balaban J connectivity index is 2.87. The molecule has 0 saturated heterocycles. The van der Waals surface area contributed by atoms with Crippen LogP contribution in [0.4, 0.5) is 17.6 Å². The highest BCUT2D eigenvalue weighted by Crippen LogP contribution is 2.26. The Hall–Kier alpha value is -1.83. The molecule has 0 aliphatic heterocycles. The van der Waals surface area contributed by atoms with Crippen molar-refractivity contribution in [2.24, 2.45) is 5.73 Å². The first kappa shape index (κ1) is 17.2. The molecule has 1 aromatic carbocycles. The van der Waals surface area contributed by atoms with Gasteiger partial charge in [0, 0.05) is 5.56 Å². The highest BCUT2D eigenvalue weighted by molar-refractivity contribution is 5.94. The number of ether oxygens (including phenoxy) is 1. The fraction of sp³-hybridized carbons (Fsp3) is 0.462. The predicted molar refractivity (Wildman–Crippen MR) is 68.9 cm³/mol. The minimum absolute atomic E-state index is 0.0335. The molecule has 1 amide bonds. The molecule has 8 heteroatoms. The second-order valence-corrected chi connectivity index (χ2v) is 4.56. The number of carbonyl (C=O) groups excluding carboxylic acids is 1. The summed E-state index contributed by atoms with van der Waals surface area (Å²) in [6.45, 7) is -1.79. The Morgan fingerprint density at radius 2 is 1.86 bits per heavy atom. The van der Waals surface area contributed by atoms with Crippen LogP contribution in [-0.4, -0.2) is 31.5 Å². The Bertz CT molecular complexity index is 498. The monoisotopic (exact) mass is 308 g/mol. The highest BCUT2D eigenvalue weighted by Gasteiger charge is 2.27. The highest BCUT2D eigenvalue weighted by atomic mass is 19.3. The molecule has 0 spiro atoms. The van der Waals surface area contributed by atoms with Crippen molar-refractivity contribution in [3.63, 3.8) is 0 Å². The molecular formula is C13H16F4N2O2. The first-order valence-corrected chi connectivity index (χ1v) is 6.08. The van der Waals surface area contributed by atoms with Crippen molar-refractivity contribution in [2.45, 2.75) is 26.4 Å². The number of aryl methyl sites for hydroxylation is 2. The maximum absolute atomic E-state index is 13.0. The number of hydrogen-bond acceptors (Lipinski definition) is 3. The van der Waals surface area contributed by atoms with Gasteiger partial charge in [-0.25, -0.2) is 8.78 Å². The number of halogens is 4. The van der Waals surface area contributed by atoms with Crippen molar-refractivity contribution < 1.29 is 27.1 Å². The van der Waals surface area contributed by atoms with Crippen molar-refractivity contribution >= 4 is 5.91 Å². The quantitative estimate of drug-likeness (QED) is 0.792. The van der Waals surface area contributed by atoms with E-state index in [2.05, 4.69) is 4.74 Å². The van der Waals surface area contributed by atoms with Gasteiger partial charge < -0.3 is 15.8 Å². The number of alkyl halides is 4. The van der Waals surface area contributed by atoms with Crippen LogP contribution >= 0.6 is 0 Å². The molecule has 0 bridgehead atoms. The Morgan fingerprint density at radius 3 is 2.29 bits per heavy atom. The van der Waals surface area contributed by atoms with Gasteiger partial charge in [-0.2, -0.15) is 8.78 Å². The Labute approximate surface area is 119 Å².